The normalized spacial score (nSPS) is 15.0. The van der Waals surface area contributed by atoms with Gasteiger partial charge < -0.3 is 9.80 Å². The van der Waals surface area contributed by atoms with Gasteiger partial charge in [-0.3, -0.25) is 0 Å². The Morgan fingerprint density at radius 2 is 0.544 bits per heavy atom. The van der Waals surface area contributed by atoms with Gasteiger partial charge in [-0.1, -0.05) is 241 Å². The maximum atomic E-state index is 2.54. The van der Waals surface area contributed by atoms with Crippen molar-refractivity contribution in [2.24, 2.45) is 0 Å². The molecule has 0 aliphatic carbocycles. The van der Waals surface area contributed by atoms with Gasteiger partial charge >= 0.3 is 0 Å². The van der Waals surface area contributed by atoms with Gasteiger partial charge in [-0.15, -0.1) is 0 Å². The summed E-state index contributed by atoms with van der Waals surface area (Å²) >= 11 is 0. The fourth-order valence-corrected chi connectivity index (χ4v) is 13.1. The molecule has 0 saturated carbocycles. The van der Waals surface area contributed by atoms with Crippen LogP contribution >= 0.6 is 0 Å². The molecule has 4 heteroatoms. The van der Waals surface area contributed by atoms with Crippen LogP contribution in [0, 0.1) is 13.8 Å². The molecule has 3 heterocycles. The van der Waals surface area contributed by atoms with Crippen molar-refractivity contribution >= 4 is 102 Å². The molecular formula is C64H52B2N2. The predicted octanol–water partition coefficient (Wildman–Crippen LogP) is 12.2. The second kappa shape index (κ2) is 15.0. The Bertz CT molecular complexity index is 3330. The molecule has 10 aromatic carbocycles. The number of benzene rings is 10. The Morgan fingerprint density at radius 1 is 0.294 bits per heavy atom. The molecule has 68 heavy (non-hydrogen) atoms. The van der Waals surface area contributed by atoms with Crippen LogP contribution in [-0.2, 0) is 10.8 Å². The smallest absolute Gasteiger partial charge is 0.241 e. The molecule has 0 unspecified atom stereocenters. The quantitative estimate of drug-likeness (QED) is 0.163. The van der Waals surface area contributed by atoms with Crippen molar-refractivity contribution in [1.82, 2.24) is 0 Å². The van der Waals surface area contributed by atoms with Crippen LogP contribution in [0.2, 0.25) is 0 Å². The molecule has 0 spiro atoms. The van der Waals surface area contributed by atoms with Crippen molar-refractivity contribution in [3.63, 3.8) is 0 Å². The molecular weight excluding hydrogens is 818 g/mol. The monoisotopic (exact) mass is 870 g/mol. The van der Waals surface area contributed by atoms with E-state index in [1.54, 1.807) is 0 Å². The summed E-state index contributed by atoms with van der Waals surface area (Å²) in [5, 5.41) is 5.12. The number of aryl methyl sites for hydroxylation is 2. The summed E-state index contributed by atoms with van der Waals surface area (Å²) in [6, 6.07) is 78.0. The van der Waals surface area contributed by atoms with Crippen molar-refractivity contribution in [2.75, 3.05) is 9.80 Å². The highest BCUT2D eigenvalue weighted by atomic mass is 15.2. The van der Waals surface area contributed by atoms with E-state index in [2.05, 4.69) is 258 Å². The van der Waals surface area contributed by atoms with E-state index < -0.39 is 0 Å². The van der Waals surface area contributed by atoms with Gasteiger partial charge in [0.05, 0.1) is 34.1 Å². The lowest BCUT2D eigenvalue weighted by molar-refractivity contribution is 0.632. The first-order valence-electron chi connectivity index (χ1n) is 24.3. The van der Waals surface area contributed by atoms with E-state index in [0.29, 0.717) is 0 Å². The largest absolute Gasteiger partial charge is 0.309 e. The summed E-state index contributed by atoms with van der Waals surface area (Å²) in [6.07, 6.45) is 0. The van der Waals surface area contributed by atoms with Gasteiger partial charge in [0.1, 0.15) is 0 Å². The van der Waals surface area contributed by atoms with Gasteiger partial charge in [-0.05, 0) is 83.3 Å². The molecule has 0 radical (unpaired) electrons. The predicted molar refractivity (Wildman–Crippen MR) is 293 cm³/mol. The first-order valence-corrected chi connectivity index (χ1v) is 24.3. The lowest BCUT2D eigenvalue weighted by Gasteiger charge is -2.43. The van der Waals surface area contributed by atoms with Crippen LogP contribution in [-0.4, -0.2) is 13.4 Å². The Labute approximate surface area is 401 Å². The Kier molecular flexibility index (Phi) is 8.97. The molecule has 3 aliphatic rings. The van der Waals surface area contributed by atoms with E-state index in [-0.39, 0.29) is 24.3 Å². The number of rotatable bonds is 4. The minimum atomic E-state index is -0.133. The first-order chi connectivity index (χ1) is 33.1. The van der Waals surface area contributed by atoms with Gasteiger partial charge in [-0.2, -0.15) is 0 Å². The van der Waals surface area contributed by atoms with Crippen molar-refractivity contribution < 1.29 is 0 Å². The Hall–Kier alpha value is -7.55. The summed E-state index contributed by atoms with van der Waals surface area (Å²) in [7, 11) is 0. The van der Waals surface area contributed by atoms with Crippen LogP contribution in [0.5, 0.6) is 0 Å². The molecule has 0 amide bonds. The topological polar surface area (TPSA) is 6.48 Å². The van der Waals surface area contributed by atoms with E-state index in [0.717, 1.165) is 0 Å². The lowest BCUT2D eigenvalue weighted by atomic mass is 9.20. The zero-order valence-corrected chi connectivity index (χ0v) is 39.7. The highest BCUT2D eigenvalue weighted by molar-refractivity contribution is 7.12. The number of hydrogen-bond acceptors (Lipinski definition) is 2. The average Bonchev–Trinajstić information content (AvgIpc) is 3.37. The molecule has 2 nitrogen and oxygen atoms in total. The van der Waals surface area contributed by atoms with Crippen molar-refractivity contribution in [3.8, 4) is 0 Å². The molecule has 324 valence electrons. The number of hydrogen-bond donors (Lipinski definition) is 0. The number of para-hydroxylation sites is 4. The third-order valence-corrected chi connectivity index (χ3v) is 16.1. The third-order valence-electron chi connectivity index (χ3n) is 16.1. The molecule has 0 bridgehead atoms. The number of fused-ring (bicyclic) bond motifs is 8. The zero-order chi connectivity index (χ0) is 46.1. The van der Waals surface area contributed by atoms with Gasteiger partial charge in [-0.25, -0.2) is 0 Å². The SMILES string of the molecule is Cc1cc(N2c3ccccc3C(C)(C)c3ccccc32)c2ccccc2c1B1c2ccccc2B(c2c(C)cc(N3c4ccccc4C(C)(C)c4ccccc43)c3ccccc23)c2ccccc21. The number of nitrogens with zero attached hydrogens (tertiary/aromatic N) is 2. The third kappa shape index (κ3) is 5.67. The Balaban J connectivity index is 1.01. The molecule has 13 rings (SSSR count). The molecule has 0 aromatic heterocycles. The zero-order valence-electron chi connectivity index (χ0n) is 39.7. The first kappa shape index (κ1) is 40.7. The van der Waals surface area contributed by atoms with E-state index in [1.807, 2.05) is 0 Å². The summed E-state index contributed by atoms with van der Waals surface area (Å²) in [6.45, 7) is 14.2. The van der Waals surface area contributed by atoms with Gasteiger partial charge in [0.25, 0.3) is 0 Å². The summed E-state index contributed by atoms with van der Waals surface area (Å²) < 4.78 is 0. The second-order valence-corrected chi connectivity index (χ2v) is 20.5. The van der Waals surface area contributed by atoms with E-state index in [9.17, 15) is 0 Å². The molecule has 0 fully saturated rings. The maximum Gasteiger partial charge on any atom is 0.241 e. The van der Waals surface area contributed by atoms with Crippen molar-refractivity contribution in [2.45, 2.75) is 52.4 Å². The van der Waals surface area contributed by atoms with Gasteiger partial charge in [0.15, 0.2) is 0 Å². The summed E-state index contributed by atoms with van der Waals surface area (Å²) in [4.78, 5) is 5.07. The van der Waals surface area contributed by atoms with Crippen LogP contribution in [0.15, 0.2) is 206 Å². The van der Waals surface area contributed by atoms with Crippen LogP contribution in [0.25, 0.3) is 21.5 Å². The molecule has 0 atom stereocenters. The van der Waals surface area contributed by atoms with Crippen LogP contribution in [0.4, 0.5) is 34.1 Å². The van der Waals surface area contributed by atoms with E-state index in [1.165, 1.54) is 122 Å². The summed E-state index contributed by atoms with van der Waals surface area (Å²) in [5.41, 5.74) is 23.4. The molecule has 0 N–H and O–H groups in total. The van der Waals surface area contributed by atoms with Crippen molar-refractivity contribution in [1.29, 1.82) is 0 Å². The van der Waals surface area contributed by atoms with E-state index >= 15 is 0 Å². The van der Waals surface area contributed by atoms with Crippen LogP contribution in [0.1, 0.15) is 61.1 Å². The standard InChI is InChI=1S/C64H52B2N2/c1-41-39-59(67-55-35-19-11-27-47(55)63(3,4)48-28-12-20-36-56(48)67)43-23-7-9-25-45(43)61(41)65-51-31-15-17-33-53(51)66(54-34-18-16-32-52(54)65)62-42(2)40-60(44-24-8-10-26-46(44)62)68-57-37-21-13-29-49(57)64(5,6)50-30-14-22-38-58(50)68/h7-40H,1-6H3. The van der Waals surface area contributed by atoms with E-state index in [4.69, 9.17) is 0 Å². The lowest BCUT2D eigenvalue weighted by Crippen LogP contribution is -2.75. The molecule has 10 aromatic rings. The fraction of sp³-hybridized carbons (Fsp3) is 0.125. The molecule has 3 aliphatic heterocycles. The maximum absolute atomic E-state index is 2.54. The van der Waals surface area contributed by atoms with Crippen LogP contribution < -0.4 is 42.6 Å². The van der Waals surface area contributed by atoms with Gasteiger partial charge in [0, 0.05) is 21.6 Å². The van der Waals surface area contributed by atoms with Crippen LogP contribution in [0.3, 0.4) is 0 Å². The molecule has 0 saturated heterocycles. The summed E-state index contributed by atoms with van der Waals surface area (Å²) in [5.74, 6) is 0. The highest BCUT2D eigenvalue weighted by Gasteiger charge is 2.43. The minimum absolute atomic E-state index is 0.0352. The second-order valence-electron chi connectivity index (χ2n) is 20.5. The van der Waals surface area contributed by atoms with Crippen molar-refractivity contribution in [3.05, 3.63) is 240 Å². The minimum Gasteiger partial charge on any atom is -0.309 e. The Morgan fingerprint density at radius 3 is 0.853 bits per heavy atom. The number of anilines is 6. The highest BCUT2D eigenvalue weighted by Crippen LogP contribution is 2.54. The average molecular weight is 871 g/mol. The fourth-order valence-electron chi connectivity index (χ4n) is 13.1. The van der Waals surface area contributed by atoms with Gasteiger partial charge in [0.2, 0.25) is 13.4 Å².